The average molecular weight is 689 g/mol. The zero-order valence-electron chi connectivity index (χ0n) is 26.0. The van der Waals surface area contributed by atoms with Gasteiger partial charge in [0.25, 0.3) is 5.56 Å². The van der Waals surface area contributed by atoms with E-state index in [4.69, 9.17) is 9.47 Å². The van der Waals surface area contributed by atoms with Gasteiger partial charge in [-0.05, 0) is 19.0 Å². The van der Waals surface area contributed by atoms with Gasteiger partial charge in [0.05, 0.1) is 23.5 Å². The van der Waals surface area contributed by atoms with Gasteiger partial charge < -0.3 is 19.7 Å². The Balaban J connectivity index is 1.36. The fraction of sp³-hybridized carbons (Fsp3) is 0.500. The van der Waals surface area contributed by atoms with Gasteiger partial charge in [0, 0.05) is 52.4 Å². The van der Waals surface area contributed by atoms with Crippen LogP contribution >= 0.6 is 0 Å². The minimum atomic E-state index is -4.96. The highest BCUT2D eigenvalue weighted by Crippen LogP contribution is 2.32. The molecule has 1 atom stereocenters. The first-order valence-corrected chi connectivity index (χ1v) is 18.2. The van der Waals surface area contributed by atoms with Crippen molar-refractivity contribution >= 4 is 31.4 Å². The van der Waals surface area contributed by atoms with E-state index in [1.54, 1.807) is 6.92 Å². The van der Waals surface area contributed by atoms with E-state index in [-0.39, 0.29) is 43.8 Å². The fourth-order valence-electron chi connectivity index (χ4n) is 4.38. The van der Waals surface area contributed by atoms with E-state index in [1.807, 2.05) is 0 Å². The molecule has 0 unspecified atom stereocenters. The van der Waals surface area contributed by atoms with Gasteiger partial charge in [-0.2, -0.15) is 31.4 Å². The Bertz CT molecular complexity index is 1600. The molecule has 47 heavy (non-hydrogen) atoms. The van der Waals surface area contributed by atoms with Crippen molar-refractivity contribution in [3.05, 3.63) is 58.4 Å². The number of amides is 1. The lowest BCUT2D eigenvalue weighted by Crippen LogP contribution is -2.51. The molecule has 1 aliphatic rings. The van der Waals surface area contributed by atoms with E-state index in [2.05, 4.69) is 45.0 Å². The first-order chi connectivity index (χ1) is 21.9. The number of aromatic nitrogens is 5. The molecule has 1 fully saturated rings. The van der Waals surface area contributed by atoms with E-state index in [0.29, 0.717) is 23.7 Å². The SMILES string of the molecule is C[C@@H](COc1ccnc(N2CCN(c3ncc(C(F)(F)F)cn3)CC2=O)c1)Nc1cnn(COCC[Si](C)(C)C)c(=O)c1C(F)(F)F. The number of pyridine rings is 1. The fourth-order valence-corrected chi connectivity index (χ4v) is 5.13. The number of anilines is 3. The lowest BCUT2D eigenvalue weighted by atomic mass is 10.2. The predicted octanol–water partition coefficient (Wildman–Crippen LogP) is 4.51. The molecular weight excluding hydrogens is 654 g/mol. The Morgan fingerprint density at radius 1 is 1.00 bits per heavy atom. The van der Waals surface area contributed by atoms with Crippen molar-refractivity contribution in [1.29, 1.82) is 0 Å². The Morgan fingerprint density at radius 3 is 2.32 bits per heavy atom. The third-order valence-corrected chi connectivity index (χ3v) is 8.61. The Hall–Kier alpha value is -4.26. The van der Waals surface area contributed by atoms with Crippen LogP contribution in [0.4, 0.5) is 43.8 Å². The largest absolute Gasteiger partial charge is 0.491 e. The molecule has 0 radical (unpaired) electrons. The highest BCUT2D eigenvalue weighted by molar-refractivity contribution is 6.76. The van der Waals surface area contributed by atoms with Gasteiger partial charge in [-0.25, -0.2) is 19.6 Å². The number of nitrogens with one attached hydrogen (secondary N) is 1. The second kappa shape index (κ2) is 14.2. The summed E-state index contributed by atoms with van der Waals surface area (Å²) in [6.45, 7) is 7.82. The van der Waals surface area contributed by atoms with Crippen molar-refractivity contribution in [3.8, 4) is 5.75 Å². The molecule has 0 saturated carbocycles. The van der Waals surface area contributed by atoms with Crippen molar-refractivity contribution in [2.24, 2.45) is 0 Å². The first-order valence-electron chi connectivity index (χ1n) is 14.5. The second-order valence-corrected chi connectivity index (χ2v) is 17.6. The summed E-state index contributed by atoms with van der Waals surface area (Å²) in [4.78, 5) is 40.0. The number of carbonyl (C=O) groups is 1. The van der Waals surface area contributed by atoms with Crippen molar-refractivity contribution in [2.45, 2.75) is 57.7 Å². The lowest BCUT2D eigenvalue weighted by molar-refractivity contribution is -0.139. The first kappa shape index (κ1) is 35.6. The monoisotopic (exact) mass is 688 g/mol. The molecule has 1 aliphatic heterocycles. The van der Waals surface area contributed by atoms with E-state index in [1.165, 1.54) is 28.1 Å². The molecule has 3 aromatic heterocycles. The van der Waals surface area contributed by atoms with Crippen LogP contribution in [0, 0.1) is 0 Å². The molecular formula is C28H34F6N8O4Si. The number of alkyl halides is 6. The molecule has 0 aliphatic carbocycles. The van der Waals surface area contributed by atoms with Crippen LogP contribution in [-0.4, -0.2) is 77.6 Å². The van der Waals surface area contributed by atoms with Gasteiger partial charge in [-0.15, -0.1) is 0 Å². The van der Waals surface area contributed by atoms with E-state index in [0.717, 1.165) is 12.2 Å². The molecule has 256 valence electrons. The highest BCUT2D eigenvalue weighted by Gasteiger charge is 2.39. The summed E-state index contributed by atoms with van der Waals surface area (Å²) in [6.07, 6.45) is -5.93. The van der Waals surface area contributed by atoms with Crippen molar-refractivity contribution < 1.29 is 40.6 Å². The Kier molecular flexibility index (Phi) is 10.8. The maximum atomic E-state index is 13.9. The third-order valence-electron chi connectivity index (χ3n) is 6.90. The molecule has 4 heterocycles. The van der Waals surface area contributed by atoms with Crippen LogP contribution in [0.1, 0.15) is 18.1 Å². The summed E-state index contributed by atoms with van der Waals surface area (Å²) in [7, 11) is -1.43. The maximum Gasteiger partial charge on any atom is 0.423 e. The van der Waals surface area contributed by atoms with Crippen LogP contribution in [0.3, 0.4) is 0 Å². The summed E-state index contributed by atoms with van der Waals surface area (Å²) >= 11 is 0. The third kappa shape index (κ3) is 9.63. The van der Waals surface area contributed by atoms with Crippen molar-refractivity contribution in [1.82, 2.24) is 24.7 Å². The van der Waals surface area contributed by atoms with Crippen LogP contribution in [0.25, 0.3) is 0 Å². The molecule has 3 aromatic rings. The second-order valence-electron chi connectivity index (χ2n) is 12.0. The van der Waals surface area contributed by atoms with Crippen LogP contribution in [0.2, 0.25) is 25.7 Å². The smallest absolute Gasteiger partial charge is 0.423 e. The van der Waals surface area contributed by atoms with Gasteiger partial charge >= 0.3 is 12.4 Å². The lowest BCUT2D eigenvalue weighted by Gasteiger charge is -2.33. The minimum absolute atomic E-state index is 0.0236. The van der Waals surface area contributed by atoms with Crippen LogP contribution in [0.5, 0.6) is 5.75 Å². The predicted molar refractivity (Wildman–Crippen MR) is 162 cm³/mol. The summed E-state index contributed by atoms with van der Waals surface area (Å²) in [5, 5.41) is 6.50. The quantitative estimate of drug-likeness (QED) is 0.165. The summed E-state index contributed by atoms with van der Waals surface area (Å²) in [5.41, 5.74) is -4.25. The minimum Gasteiger partial charge on any atom is -0.491 e. The van der Waals surface area contributed by atoms with E-state index < -0.39 is 61.5 Å². The number of carbonyl (C=O) groups excluding carboxylic acids is 1. The zero-order valence-corrected chi connectivity index (χ0v) is 27.0. The molecule has 0 aromatic carbocycles. The Morgan fingerprint density at radius 2 is 1.70 bits per heavy atom. The van der Waals surface area contributed by atoms with Crippen LogP contribution in [0.15, 0.2) is 41.7 Å². The Labute approximate surface area is 266 Å². The number of piperazine rings is 1. The molecule has 12 nitrogen and oxygen atoms in total. The summed E-state index contributed by atoms with van der Waals surface area (Å²) in [5.74, 6) is 0.0673. The number of rotatable bonds is 12. The molecule has 4 rings (SSSR count). The highest BCUT2D eigenvalue weighted by atomic mass is 28.3. The molecule has 1 saturated heterocycles. The normalized spacial score (nSPS) is 15.1. The van der Waals surface area contributed by atoms with Crippen molar-refractivity contribution in [2.75, 3.05) is 48.0 Å². The standard InChI is InChI=1S/C28H34F6N8O4Si/c1-18(39-21-14-38-42(17-45-9-10-47(2,3)4)25(44)24(21)28(32,33)34)16-46-20-5-6-35-22(11-20)41-8-7-40(15-23(41)43)26-36-12-19(13-37-26)27(29,30)31/h5-6,11-14,18,39H,7-10,15-17H2,1-4H3/t18-/m0/s1. The van der Waals surface area contributed by atoms with E-state index in [9.17, 15) is 35.9 Å². The van der Waals surface area contributed by atoms with Gasteiger partial charge in [-0.3, -0.25) is 14.5 Å². The van der Waals surface area contributed by atoms with Gasteiger partial charge in [0.1, 0.15) is 37.0 Å². The molecule has 1 N–H and O–H groups in total. The number of hydrogen-bond acceptors (Lipinski definition) is 10. The zero-order chi connectivity index (χ0) is 34.6. The number of halogens is 6. The number of ether oxygens (including phenoxy) is 2. The topological polar surface area (TPSA) is 128 Å². The molecule has 0 spiro atoms. The molecule has 0 bridgehead atoms. The number of hydrogen-bond donors (Lipinski definition) is 1. The summed E-state index contributed by atoms with van der Waals surface area (Å²) in [6, 6.07) is 3.03. The van der Waals surface area contributed by atoms with E-state index >= 15 is 0 Å². The van der Waals surface area contributed by atoms with Crippen molar-refractivity contribution in [3.63, 3.8) is 0 Å². The number of nitrogens with zero attached hydrogens (tertiary/aromatic N) is 7. The van der Waals surface area contributed by atoms with Gasteiger partial charge in [0.15, 0.2) is 0 Å². The average Bonchev–Trinajstić information content (AvgIpc) is 2.98. The molecule has 19 heteroatoms. The van der Waals surface area contributed by atoms with Gasteiger partial charge in [-0.1, -0.05) is 19.6 Å². The van der Waals surface area contributed by atoms with Crippen LogP contribution in [-0.2, 0) is 28.6 Å². The molecule has 1 amide bonds. The van der Waals surface area contributed by atoms with Crippen LogP contribution < -0.4 is 25.4 Å². The summed E-state index contributed by atoms with van der Waals surface area (Å²) < 4.78 is 92.0. The van der Waals surface area contributed by atoms with Gasteiger partial charge in [0.2, 0.25) is 11.9 Å². The maximum absolute atomic E-state index is 13.9.